The lowest BCUT2D eigenvalue weighted by atomic mass is 9.95. The summed E-state index contributed by atoms with van der Waals surface area (Å²) in [5.41, 5.74) is 1.10. The summed E-state index contributed by atoms with van der Waals surface area (Å²) in [5, 5.41) is 0. The van der Waals surface area contributed by atoms with Gasteiger partial charge in [0.15, 0.2) is 23.1 Å². The Morgan fingerprint density at radius 3 is 1.43 bits per heavy atom. The lowest BCUT2D eigenvalue weighted by Crippen LogP contribution is -2.08. The summed E-state index contributed by atoms with van der Waals surface area (Å²) in [5.74, 6) is -0.494. The number of carbonyl (C=O) groups excluding carboxylic acids is 4. The van der Waals surface area contributed by atoms with Crippen LogP contribution in [-0.2, 0) is 19.2 Å². The van der Waals surface area contributed by atoms with E-state index < -0.39 is 0 Å². The van der Waals surface area contributed by atoms with Crippen molar-refractivity contribution in [2.75, 3.05) is 0 Å². The third kappa shape index (κ3) is 4.31. The molecule has 0 fully saturated rings. The molecule has 2 rings (SSSR count). The van der Waals surface area contributed by atoms with Crippen molar-refractivity contribution in [3.8, 4) is 0 Å². The number of allylic oxidation sites excluding steroid dienone is 8. The molecule has 0 N–H and O–H groups in total. The molecule has 0 saturated carbocycles. The molecule has 0 saturated heterocycles. The van der Waals surface area contributed by atoms with E-state index >= 15 is 0 Å². The minimum atomic E-state index is -0.146. The maximum absolute atomic E-state index is 11.5. The van der Waals surface area contributed by atoms with Gasteiger partial charge in [0.2, 0.25) is 0 Å². The normalized spacial score (nSPS) is 18.1. The molecule has 0 bridgehead atoms. The molecule has 0 aliphatic heterocycles. The van der Waals surface area contributed by atoms with Crippen LogP contribution in [0, 0.1) is 0 Å². The van der Waals surface area contributed by atoms with E-state index in [9.17, 15) is 19.2 Å². The summed E-state index contributed by atoms with van der Waals surface area (Å²) in [4.78, 5) is 45.4. The van der Waals surface area contributed by atoms with Crippen molar-refractivity contribution in [2.24, 2.45) is 0 Å². The Labute approximate surface area is 122 Å². The van der Waals surface area contributed by atoms with Gasteiger partial charge in [-0.3, -0.25) is 19.2 Å². The van der Waals surface area contributed by atoms with E-state index in [2.05, 4.69) is 0 Å². The van der Waals surface area contributed by atoms with Crippen LogP contribution >= 0.6 is 0 Å². The first-order valence-corrected chi connectivity index (χ1v) is 7.00. The van der Waals surface area contributed by atoms with E-state index in [1.165, 1.54) is 36.5 Å². The number of rotatable bonds is 6. The average Bonchev–Trinajstić information content (AvgIpc) is 2.45. The second kappa shape index (κ2) is 6.88. The van der Waals surface area contributed by atoms with E-state index in [1.807, 2.05) is 0 Å². The van der Waals surface area contributed by atoms with Gasteiger partial charge in [0, 0.05) is 11.1 Å². The maximum Gasteiger partial charge on any atom is 0.182 e. The SMILES string of the molecule is O=C1C=CC(=O)C(CCCCCC2=CC(=O)C=CC2=O)=C1. The van der Waals surface area contributed by atoms with Gasteiger partial charge >= 0.3 is 0 Å². The van der Waals surface area contributed by atoms with Crippen molar-refractivity contribution >= 4 is 23.1 Å². The number of hydrogen-bond acceptors (Lipinski definition) is 4. The Kier molecular flexibility index (Phi) is 4.93. The summed E-state index contributed by atoms with van der Waals surface area (Å²) in [6, 6.07) is 0. The minimum Gasteiger partial charge on any atom is -0.290 e. The van der Waals surface area contributed by atoms with Crippen LogP contribution in [-0.4, -0.2) is 23.1 Å². The average molecular weight is 284 g/mol. The van der Waals surface area contributed by atoms with Crippen molar-refractivity contribution in [2.45, 2.75) is 32.1 Å². The number of hydrogen-bond donors (Lipinski definition) is 0. The Morgan fingerprint density at radius 2 is 1.00 bits per heavy atom. The molecule has 21 heavy (non-hydrogen) atoms. The van der Waals surface area contributed by atoms with Gasteiger partial charge in [0.05, 0.1) is 0 Å². The van der Waals surface area contributed by atoms with Crippen LogP contribution in [0.4, 0.5) is 0 Å². The summed E-state index contributed by atoms with van der Waals surface area (Å²) in [6.45, 7) is 0. The van der Waals surface area contributed by atoms with Gasteiger partial charge in [-0.05, 0) is 62.1 Å². The molecule has 0 unspecified atom stereocenters. The zero-order valence-corrected chi connectivity index (χ0v) is 11.6. The molecule has 2 aliphatic carbocycles. The topological polar surface area (TPSA) is 68.3 Å². The molecule has 0 aromatic carbocycles. The predicted octanol–water partition coefficient (Wildman–Crippen LogP) is 2.21. The molecule has 0 atom stereocenters. The fourth-order valence-electron chi connectivity index (χ4n) is 2.31. The van der Waals surface area contributed by atoms with Crippen LogP contribution in [0.5, 0.6) is 0 Å². The van der Waals surface area contributed by atoms with E-state index in [0.29, 0.717) is 24.0 Å². The number of carbonyl (C=O) groups is 4. The first-order valence-electron chi connectivity index (χ1n) is 7.00. The summed E-state index contributed by atoms with van der Waals surface area (Å²) in [6.07, 6.45) is 11.5. The van der Waals surface area contributed by atoms with Gasteiger partial charge in [-0.1, -0.05) is 6.42 Å². The van der Waals surface area contributed by atoms with Crippen LogP contribution in [0.25, 0.3) is 0 Å². The van der Waals surface area contributed by atoms with Crippen molar-refractivity contribution in [1.29, 1.82) is 0 Å². The smallest absolute Gasteiger partial charge is 0.182 e. The lowest BCUT2D eigenvalue weighted by Gasteiger charge is -2.08. The molecule has 108 valence electrons. The molecular formula is C17H16O4. The molecule has 0 amide bonds. The largest absolute Gasteiger partial charge is 0.290 e. The highest BCUT2D eigenvalue weighted by Crippen LogP contribution is 2.18. The van der Waals surface area contributed by atoms with Crippen molar-refractivity contribution < 1.29 is 19.2 Å². The zero-order valence-electron chi connectivity index (χ0n) is 11.6. The summed E-state index contributed by atoms with van der Waals surface area (Å²) in [7, 11) is 0. The predicted molar refractivity (Wildman–Crippen MR) is 77.6 cm³/mol. The highest BCUT2D eigenvalue weighted by Gasteiger charge is 2.14. The standard InChI is InChI=1S/C17H16O4/c18-14-6-8-16(20)12(10-14)4-2-1-3-5-13-11-15(19)7-9-17(13)21/h6-11H,1-5H2. The van der Waals surface area contributed by atoms with E-state index in [-0.39, 0.29) is 23.1 Å². The van der Waals surface area contributed by atoms with Gasteiger partial charge in [-0.15, -0.1) is 0 Å². The third-order valence-electron chi connectivity index (χ3n) is 3.46. The number of ketones is 4. The first kappa shape index (κ1) is 15.0. The maximum atomic E-state index is 11.5. The van der Waals surface area contributed by atoms with Gasteiger partial charge in [-0.2, -0.15) is 0 Å². The fraction of sp³-hybridized carbons (Fsp3) is 0.294. The highest BCUT2D eigenvalue weighted by molar-refractivity contribution is 6.17. The minimum absolute atomic E-state index is 0.101. The molecule has 4 heteroatoms. The van der Waals surface area contributed by atoms with Crippen molar-refractivity contribution in [3.05, 3.63) is 47.6 Å². The Balaban J connectivity index is 1.71. The summed E-state index contributed by atoms with van der Waals surface area (Å²) < 4.78 is 0. The van der Waals surface area contributed by atoms with Crippen LogP contribution in [0.2, 0.25) is 0 Å². The van der Waals surface area contributed by atoms with E-state index in [0.717, 1.165) is 19.3 Å². The van der Waals surface area contributed by atoms with Gasteiger partial charge in [-0.25, -0.2) is 0 Å². The lowest BCUT2D eigenvalue weighted by molar-refractivity contribution is -0.114. The molecule has 0 radical (unpaired) electrons. The second-order valence-corrected chi connectivity index (χ2v) is 5.10. The van der Waals surface area contributed by atoms with Crippen molar-refractivity contribution in [3.63, 3.8) is 0 Å². The van der Waals surface area contributed by atoms with E-state index in [4.69, 9.17) is 0 Å². The Morgan fingerprint density at radius 1 is 0.571 bits per heavy atom. The monoisotopic (exact) mass is 284 g/mol. The summed E-state index contributed by atoms with van der Waals surface area (Å²) >= 11 is 0. The Bertz CT molecular complexity index is 561. The van der Waals surface area contributed by atoms with Gasteiger partial charge in [0.25, 0.3) is 0 Å². The first-order chi connectivity index (χ1) is 10.1. The third-order valence-corrected chi connectivity index (χ3v) is 3.46. The highest BCUT2D eigenvalue weighted by atomic mass is 16.1. The molecule has 0 aromatic heterocycles. The van der Waals surface area contributed by atoms with Gasteiger partial charge < -0.3 is 0 Å². The molecule has 0 aromatic rings. The van der Waals surface area contributed by atoms with E-state index in [1.54, 1.807) is 0 Å². The quantitative estimate of drug-likeness (QED) is 0.554. The Hall–Kier alpha value is -2.36. The molecule has 4 nitrogen and oxygen atoms in total. The van der Waals surface area contributed by atoms with Crippen LogP contribution in [0.15, 0.2) is 47.6 Å². The van der Waals surface area contributed by atoms with Crippen LogP contribution in [0.3, 0.4) is 0 Å². The molecule has 0 spiro atoms. The molecule has 2 aliphatic rings. The van der Waals surface area contributed by atoms with Crippen LogP contribution in [0.1, 0.15) is 32.1 Å². The number of unbranched alkanes of at least 4 members (excludes halogenated alkanes) is 2. The van der Waals surface area contributed by atoms with Crippen LogP contribution < -0.4 is 0 Å². The molecule has 0 heterocycles. The molecular weight excluding hydrogens is 268 g/mol. The second-order valence-electron chi connectivity index (χ2n) is 5.10. The fourth-order valence-corrected chi connectivity index (χ4v) is 2.31. The van der Waals surface area contributed by atoms with Gasteiger partial charge in [0.1, 0.15) is 0 Å². The zero-order chi connectivity index (χ0) is 15.2. The van der Waals surface area contributed by atoms with Crippen molar-refractivity contribution in [1.82, 2.24) is 0 Å².